The highest BCUT2D eigenvalue weighted by atomic mass is 16.5. The third-order valence-electron chi connectivity index (χ3n) is 8.32. The molecule has 1 amide bonds. The first-order chi connectivity index (χ1) is 21.7. The first-order valence-corrected chi connectivity index (χ1v) is 15.9. The molecule has 4 aromatic carbocycles. The van der Waals surface area contributed by atoms with Gasteiger partial charge < -0.3 is 20.1 Å². The van der Waals surface area contributed by atoms with Crippen molar-refractivity contribution in [1.29, 1.82) is 0 Å². The standard InChI is InChI=1S/C39H46N2O4/c1-6-32(7-2)33-17-19-36(20-18-33)41(27(3)4)25-31-9-8-10-35(23-31)34-15-11-30(12-16-34)26-45-37-21-13-29(14-22-37)24-38(39(43)44)40-28(5)42/h8-23,27,32,38H,6-7,24-26H2,1-5H3,(H,40,42)(H,43,44)/t38-/m0/s1. The quantitative estimate of drug-likeness (QED) is 0.142. The second kappa shape index (κ2) is 15.9. The zero-order valence-corrected chi connectivity index (χ0v) is 27.1. The van der Waals surface area contributed by atoms with Crippen molar-refractivity contribution >= 4 is 17.6 Å². The van der Waals surface area contributed by atoms with Crippen LogP contribution in [0, 0.1) is 0 Å². The second-order valence-electron chi connectivity index (χ2n) is 12.0. The van der Waals surface area contributed by atoms with E-state index in [2.05, 4.69) is 111 Å². The van der Waals surface area contributed by atoms with Crippen LogP contribution in [0.5, 0.6) is 5.75 Å². The van der Waals surface area contributed by atoms with E-state index in [1.807, 2.05) is 24.3 Å². The molecule has 45 heavy (non-hydrogen) atoms. The van der Waals surface area contributed by atoms with Crippen LogP contribution in [-0.4, -0.2) is 29.1 Å². The van der Waals surface area contributed by atoms with Gasteiger partial charge in [0.05, 0.1) is 0 Å². The summed E-state index contributed by atoms with van der Waals surface area (Å²) in [4.78, 5) is 25.2. The third kappa shape index (κ3) is 9.45. The molecule has 0 heterocycles. The highest BCUT2D eigenvalue weighted by molar-refractivity contribution is 5.82. The van der Waals surface area contributed by atoms with E-state index in [1.165, 1.54) is 42.1 Å². The fourth-order valence-electron chi connectivity index (χ4n) is 5.68. The number of rotatable bonds is 15. The number of nitrogens with zero attached hydrogens (tertiary/aromatic N) is 1. The summed E-state index contributed by atoms with van der Waals surface area (Å²) in [5, 5.41) is 11.8. The monoisotopic (exact) mass is 606 g/mol. The van der Waals surface area contributed by atoms with Gasteiger partial charge in [0, 0.05) is 31.6 Å². The van der Waals surface area contributed by atoms with E-state index in [4.69, 9.17) is 4.74 Å². The molecule has 4 rings (SSSR count). The number of ether oxygens (including phenoxy) is 1. The molecule has 0 unspecified atom stereocenters. The largest absolute Gasteiger partial charge is 0.489 e. The predicted molar refractivity (Wildman–Crippen MR) is 183 cm³/mol. The third-order valence-corrected chi connectivity index (χ3v) is 8.32. The number of aliphatic carboxylic acids is 1. The Morgan fingerprint density at radius 3 is 2.02 bits per heavy atom. The fourth-order valence-corrected chi connectivity index (χ4v) is 5.68. The Balaban J connectivity index is 1.37. The lowest BCUT2D eigenvalue weighted by Gasteiger charge is -2.30. The minimum absolute atomic E-state index is 0.207. The van der Waals surface area contributed by atoms with Gasteiger partial charge in [-0.1, -0.05) is 80.6 Å². The fraction of sp³-hybridized carbons (Fsp3) is 0.333. The van der Waals surface area contributed by atoms with Crippen LogP contribution in [0.1, 0.15) is 75.6 Å². The van der Waals surface area contributed by atoms with E-state index in [9.17, 15) is 14.7 Å². The molecule has 236 valence electrons. The maximum Gasteiger partial charge on any atom is 0.326 e. The lowest BCUT2D eigenvalue weighted by atomic mass is 9.94. The van der Waals surface area contributed by atoms with Crippen LogP contribution in [0.4, 0.5) is 5.69 Å². The maximum absolute atomic E-state index is 11.4. The van der Waals surface area contributed by atoms with E-state index < -0.39 is 12.0 Å². The summed E-state index contributed by atoms with van der Waals surface area (Å²) in [6.45, 7) is 11.6. The van der Waals surface area contributed by atoms with Crippen LogP contribution < -0.4 is 15.0 Å². The van der Waals surface area contributed by atoms with E-state index in [1.54, 1.807) is 0 Å². The summed E-state index contributed by atoms with van der Waals surface area (Å²) in [7, 11) is 0. The van der Waals surface area contributed by atoms with Crippen molar-refractivity contribution in [1.82, 2.24) is 5.32 Å². The van der Waals surface area contributed by atoms with Gasteiger partial charge >= 0.3 is 5.97 Å². The number of hydrogen-bond acceptors (Lipinski definition) is 4. The number of carbonyl (C=O) groups is 2. The van der Waals surface area contributed by atoms with Crippen LogP contribution in [-0.2, 0) is 29.2 Å². The predicted octanol–water partition coefficient (Wildman–Crippen LogP) is 8.38. The molecule has 1 atom stereocenters. The molecule has 2 N–H and O–H groups in total. The van der Waals surface area contributed by atoms with Crippen molar-refractivity contribution in [3.63, 3.8) is 0 Å². The van der Waals surface area contributed by atoms with E-state index in [-0.39, 0.29) is 12.3 Å². The topological polar surface area (TPSA) is 78.9 Å². The van der Waals surface area contributed by atoms with Crippen LogP contribution in [0.3, 0.4) is 0 Å². The lowest BCUT2D eigenvalue weighted by molar-refractivity contribution is -0.141. The van der Waals surface area contributed by atoms with Gasteiger partial charge in [-0.05, 0) is 96.3 Å². The highest BCUT2D eigenvalue weighted by Crippen LogP contribution is 2.28. The van der Waals surface area contributed by atoms with Gasteiger partial charge in [0.15, 0.2) is 0 Å². The zero-order chi connectivity index (χ0) is 32.3. The molecule has 0 aromatic heterocycles. The molecule has 6 heteroatoms. The molecular formula is C39H46N2O4. The molecular weight excluding hydrogens is 560 g/mol. The lowest BCUT2D eigenvalue weighted by Crippen LogP contribution is -2.41. The second-order valence-corrected chi connectivity index (χ2v) is 12.0. The molecule has 0 bridgehead atoms. The highest BCUT2D eigenvalue weighted by Gasteiger charge is 2.19. The minimum atomic E-state index is -1.06. The Hall–Kier alpha value is -4.58. The number of carbonyl (C=O) groups excluding carboxylic acids is 1. The maximum atomic E-state index is 11.4. The summed E-state index contributed by atoms with van der Waals surface area (Å²) >= 11 is 0. The molecule has 0 aliphatic rings. The molecule has 0 spiro atoms. The van der Waals surface area contributed by atoms with Gasteiger partial charge in [0.25, 0.3) is 0 Å². The van der Waals surface area contributed by atoms with Crippen molar-refractivity contribution in [2.24, 2.45) is 0 Å². The van der Waals surface area contributed by atoms with Crippen molar-refractivity contribution in [3.8, 4) is 16.9 Å². The van der Waals surface area contributed by atoms with Crippen LogP contribution in [0.2, 0.25) is 0 Å². The van der Waals surface area contributed by atoms with Gasteiger partial charge in [0.2, 0.25) is 5.91 Å². The molecule has 6 nitrogen and oxygen atoms in total. The van der Waals surface area contributed by atoms with Gasteiger partial charge in [-0.15, -0.1) is 0 Å². The SMILES string of the molecule is CCC(CC)c1ccc(N(Cc2cccc(-c3ccc(COc4ccc(C[C@H](NC(C)=O)C(=O)O)cc4)cc3)c2)C(C)C)cc1. The summed E-state index contributed by atoms with van der Waals surface area (Å²) in [5.41, 5.74) is 8.14. The minimum Gasteiger partial charge on any atom is -0.489 e. The molecule has 0 aliphatic carbocycles. The van der Waals surface area contributed by atoms with Crippen molar-refractivity contribution in [3.05, 3.63) is 119 Å². The Morgan fingerprint density at radius 1 is 0.800 bits per heavy atom. The van der Waals surface area contributed by atoms with Crippen molar-refractivity contribution < 1.29 is 19.4 Å². The summed E-state index contributed by atoms with van der Waals surface area (Å²) in [6, 6.07) is 33.1. The number of anilines is 1. The first kappa shape index (κ1) is 33.3. The Labute approximate surface area is 268 Å². The number of amides is 1. The van der Waals surface area contributed by atoms with Gasteiger partial charge in [-0.3, -0.25) is 4.79 Å². The number of carboxylic acid groups (broad SMARTS) is 1. The Bertz CT molecular complexity index is 1530. The Morgan fingerprint density at radius 2 is 1.44 bits per heavy atom. The van der Waals surface area contributed by atoms with Gasteiger partial charge in [-0.25, -0.2) is 4.79 Å². The average molecular weight is 607 g/mol. The molecule has 0 saturated carbocycles. The smallest absolute Gasteiger partial charge is 0.326 e. The number of nitrogens with one attached hydrogen (secondary N) is 1. The van der Waals surface area contributed by atoms with Crippen LogP contribution in [0.15, 0.2) is 97.1 Å². The first-order valence-electron chi connectivity index (χ1n) is 15.9. The molecule has 0 fully saturated rings. The molecule has 0 saturated heterocycles. The van der Waals surface area contributed by atoms with Crippen molar-refractivity contribution in [2.75, 3.05) is 4.90 Å². The number of carboxylic acids is 1. The number of benzene rings is 4. The van der Waals surface area contributed by atoms with Crippen molar-refractivity contribution in [2.45, 2.75) is 85.0 Å². The molecule has 0 aliphatic heterocycles. The van der Waals surface area contributed by atoms with Crippen LogP contribution >= 0.6 is 0 Å². The molecule has 0 radical (unpaired) electrons. The molecule has 4 aromatic rings. The van der Waals surface area contributed by atoms with E-state index in [0.717, 1.165) is 23.2 Å². The summed E-state index contributed by atoms with van der Waals surface area (Å²) < 4.78 is 5.98. The zero-order valence-electron chi connectivity index (χ0n) is 27.1. The normalized spacial score (nSPS) is 11.8. The van der Waals surface area contributed by atoms with Gasteiger partial charge in [0.1, 0.15) is 18.4 Å². The summed E-state index contributed by atoms with van der Waals surface area (Å²) in [6.07, 6.45) is 2.54. The van der Waals surface area contributed by atoms with E-state index >= 15 is 0 Å². The Kier molecular flexibility index (Phi) is 11.8. The average Bonchev–Trinajstić information content (AvgIpc) is 3.04. The van der Waals surface area contributed by atoms with Crippen LogP contribution in [0.25, 0.3) is 11.1 Å². The summed E-state index contributed by atoms with van der Waals surface area (Å²) in [5.74, 6) is -0.109. The van der Waals surface area contributed by atoms with E-state index in [0.29, 0.717) is 24.3 Å². The number of hydrogen-bond donors (Lipinski definition) is 2. The van der Waals surface area contributed by atoms with Gasteiger partial charge in [-0.2, -0.15) is 0 Å².